The summed E-state index contributed by atoms with van der Waals surface area (Å²) in [5.41, 5.74) is 0. The average Bonchev–Trinajstić information content (AvgIpc) is 2.66. The lowest BCUT2D eigenvalue weighted by atomic mass is 10.2. The Bertz CT molecular complexity index is 427. The van der Waals surface area contributed by atoms with Gasteiger partial charge in [0, 0.05) is 12.6 Å². The van der Waals surface area contributed by atoms with Crippen molar-refractivity contribution < 1.29 is 18.3 Å². The van der Waals surface area contributed by atoms with Gasteiger partial charge in [0.1, 0.15) is 0 Å². The second kappa shape index (κ2) is 6.73. The summed E-state index contributed by atoms with van der Waals surface area (Å²) in [6.45, 7) is 0.302. The number of nitrogens with one attached hydrogen (secondary N) is 1. The van der Waals surface area contributed by atoms with Crippen molar-refractivity contribution in [3.8, 4) is 12.3 Å². The van der Waals surface area contributed by atoms with E-state index in [1.54, 1.807) is 0 Å². The van der Waals surface area contributed by atoms with Gasteiger partial charge in [-0.3, -0.25) is 10.1 Å². The number of hydrogen-bond acceptors (Lipinski definition) is 5. The van der Waals surface area contributed by atoms with Crippen molar-refractivity contribution >= 4 is 15.7 Å². The minimum Gasteiger partial charge on any atom is -0.395 e. The fourth-order valence-corrected chi connectivity index (χ4v) is 3.71. The molecular formula is C11H18N2O4S. The summed E-state index contributed by atoms with van der Waals surface area (Å²) in [6.07, 6.45) is 5.48. The van der Waals surface area contributed by atoms with Crippen LogP contribution in [0, 0.1) is 12.3 Å². The third-order valence-corrected chi connectivity index (χ3v) is 4.56. The zero-order valence-electron chi connectivity index (χ0n) is 10.1. The second-order valence-corrected chi connectivity index (χ2v) is 6.40. The summed E-state index contributed by atoms with van der Waals surface area (Å²) < 4.78 is 22.8. The number of rotatable bonds is 6. The van der Waals surface area contributed by atoms with Crippen LogP contribution in [0.4, 0.5) is 0 Å². The molecule has 1 atom stereocenters. The molecular weight excluding hydrogens is 256 g/mol. The van der Waals surface area contributed by atoms with Gasteiger partial charge in [0.05, 0.1) is 31.2 Å². The van der Waals surface area contributed by atoms with Crippen molar-refractivity contribution in [2.24, 2.45) is 0 Å². The van der Waals surface area contributed by atoms with Gasteiger partial charge in [0.15, 0.2) is 9.84 Å². The van der Waals surface area contributed by atoms with E-state index in [2.05, 4.69) is 11.2 Å². The van der Waals surface area contributed by atoms with E-state index in [1.807, 2.05) is 0 Å². The maximum Gasteiger partial charge on any atom is 0.236 e. The lowest BCUT2D eigenvalue weighted by Gasteiger charge is -2.27. The first-order valence-corrected chi connectivity index (χ1v) is 7.57. The van der Waals surface area contributed by atoms with E-state index in [4.69, 9.17) is 11.5 Å². The SMILES string of the molecule is C#CCNCC(=O)N(CCO)C1CCS(=O)(=O)C1. The molecule has 0 saturated carbocycles. The van der Waals surface area contributed by atoms with Gasteiger partial charge in [-0.1, -0.05) is 5.92 Å². The Morgan fingerprint density at radius 2 is 2.28 bits per heavy atom. The number of amides is 1. The summed E-state index contributed by atoms with van der Waals surface area (Å²) >= 11 is 0. The van der Waals surface area contributed by atoms with E-state index in [9.17, 15) is 13.2 Å². The summed E-state index contributed by atoms with van der Waals surface area (Å²) in [4.78, 5) is 13.3. The van der Waals surface area contributed by atoms with E-state index in [0.717, 1.165) is 0 Å². The summed E-state index contributed by atoms with van der Waals surface area (Å²) in [5, 5.41) is 11.7. The zero-order valence-corrected chi connectivity index (χ0v) is 10.9. The van der Waals surface area contributed by atoms with Crippen LogP contribution in [0.15, 0.2) is 0 Å². The predicted octanol–water partition coefficient (Wildman–Crippen LogP) is -1.78. The summed E-state index contributed by atoms with van der Waals surface area (Å²) in [7, 11) is -3.05. The molecule has 1 amide bonds. The lowest BCUT2D eigenvalue weighted by molar-refractivity contribution is -0.132. The highest BCUT2D eigenvalue weighted by Gasteiger charge is 2.34. The first kappa shape index (κ1) is 15.0. The number of aliphatic hydroxyl groups is 1. The zero-order chi connectivity index (χ0) is 13.6. The van der Waals surface area contributed by atoms with Crippen molar-refractivity contribution in [3.63, 3.8) is 0 Å². The molecule has 1 aliphatic rings. The molecule has 0 aromatic rings. The van der Waals surface area contributed by atoms with Crippen LogP contribution >= 0.6 is 0 Å². The fourth-order valence-electron chi connectivity index (χ4n) is 1.98. The van der Waals surface area contributed by atoms with Crippen molar-refractivity contribution in [1.82, 2.24) is 10.2 Å². The van der Waals surface area contributed by atoms with Crippen LogP contribution in [0.1, 0.15) is 6.42 Å². The van der Waals surface area contributed by atoms with Crippen molar-refractivity contribution in [2.75, 3.05) is 37.7 Å². The molecule has 2 N–H and O–H groups in total. The van der Waals surface area contributed by atoms with Crippen molar-refractivity contribution in [3.05, 3.63) is 0 Å². The van der Waals surface area contributed by atoms with Crippen LogP contribution in [0.5, 0.6) is 0 Å². The number of terminal acetylenes is 1. The summed E-state index contributed by atoms with van der Waals surface area (Å²) in [5.74, 6) is 2.20. The molecule has 1 heterocycles. The lowest BCUT2D eigenvalue weighted by Crippen LogP contribution is -2.46. The highest BCUT2D eigenvalue weighted by molar-refractivity contribution is 7.91. The number of hydrogen-bond donors (Lipinski definition) is 2. The predicted molar refractivity (Wildman–Crippen MR) is 67.6 cm³/mol. The van der Waals surface area contributed by atoms with Crippen LogP contribution in [-0.2, 0) is 14.6 Å². The van der Waals surface area contributed by atoms with Gasteiger partial charge in [-0.25, -0.2) is 8.42 Å². The molecule has 1 aliphatic heterocycles. The smallest absolute Gasteiger partial charge is 0.236 e. The Labute approximate surface area is 107 Å². The quantitative estimate of drug-likeness (QED) is 0.441. The molecule has 0 aliphatic carbocycles. The van der Waals surface area contributed by atoms with Crippen LogP contribution in [0.25, 0.3) is 0 Å². The van der Waals surface area contributed by atoms with Crippen LogP contribution in [0.3, 0.4) is 0 Å². The van der Waals surface area contributed by atoms with Crippen LogP contribution < -0.4 is 5.32 Å². The van der Waals surface area contributed by atoms with Gasteiger partial charge in [-0.15, -0.1) is 6.42 Å². The van der Waals surface area contributed by atoms with Gasteiger partial charge >= 0.3 is 0 Å². The topological polar surface area (TPSA) is 86.7 Å². The largest absolute Gasteiger partial charge is 0.395 e. The Kier molecular flexibility index (Phi) is 5.59. The molecule has 102 valence electrons. The number of carbonyl (C=O) groups excluding carboxylic acids is 1. The highest BCUT2D eigenvalue weighted by atomic mass is 32.2. The first-order valence-electron chi connectivity index (χ1n) is 5.75. The molecule has 1 rings (SSSR count). The monoisotopic (exact) mass is 274 g/mol. The van der Waals surface area contributed by atoms with Gasteiger partial charge in [0.25, 0.3) is 0 Å². The molecule has 7 heteroatoms. The number of carbonyl (C=O) groups is 1. The average molecular weight is 274 g/mol. The normalized spacial score (nSPS) is 21.4. The van der Waals surface area contributed by atoms with E-state index >= 15 is 0 Å². The minimum atomic E-state index is -3.05. The molecule has 0 spiro atoms. The standard InChI is InChI=1S/C11H18N2O4S/c1-2-4-12-8-11(15)13(5-6-14)10-3-7-18(16,17)9-10/h1,10,12,14H,3-9H2. The maximum absolute atomic E-state index is 11.9. The third-order valence-electron chi connectivity index (χ3n) is 2.81. The van der Waals surface area contributed by atoms with Crippen LogP contribution in [0.2, 0.25) is 0 Å². The van der Waals surface area contributed by atoms with Gasteiger partial charge in [0.2, 0.25) is 5.91 Å². The number of aliphatic hydroxyl groups excluding tert-OH is 1. The third kappa shape index (κ3) is 4.29. The Morgan fingerprint density at radius 1 is 1.56 bits per heavy atom. The Morgan fingerprint density at radius 3 is 2.78 bits per heavy atom. The Balaban J connectivity index is 2.59. The molecule has 0 radical (unpaired) electrons. The molecule has 1 saturated heterocycles. The van der Waals surface area contributed by atoms with E-state index in [0.29, 0.717) is 6.42 Å². The van der Waals surface area contributed by atoms with Crippen LogP contribution in [-0.4, -0.2) is 68.1 Å². The summed E-state index contributed by atoms with van der Waals surface area (Å²) in [6, 6.07) is -0.331. The molecule has 6 nitrogen and oxygen atoms in total. The number of nitrogens with zero attached hydrogens (tertiary/aromatic N) is 1. The van der Waals surface area contributed by atoms with E-state index < -0.39 is 9.84 Å². The Hall–Kier alpha value is -1.10. The number of sulfone groups is 1. The van der Waals surface area contributed by atoms with Gasteiger partial charge < -0.3 is 10.0 Å². The van der Waals surface area contributed by atoms with Crippen molar-refractivity contribution in [2.45, 2.75) is 12.5 Å². The molecule has 0 aromatic carbocycles. The molecule has 18 heavy (non-hydrogen) atoms. The van der Waals surface area contributed by atoms with Gasteiger partial charge in [-0.05, 0) is 6.42 Å². The maximum atomic E-state index is 11.9. The highest BCUT2D eigenvalue weighted by Crippen LogP contribution is 2.17. The molecule has 1 fully saturated rings. The van der Waals surface area contributed by atoms with Crippen molar-refractivity contribution in [1.29, 1.82) is 0 Å². The second-order valence-electron chi connectivity index (χ2n) is 4.18. The molecule has 0 bridgehead atoms. The minimum absolute atomic E-state index is 0.0200. The molecule has 1 unspecified atom stereocenters. The van der Waals surface area contributed by atoms with E-state index in [1.165, 1.54) is 4.90 Å². The van der Waals surface area contributed by atoms with Gasteiger partial charge in [-0.2, -0.15) is 0 Å². The van der Waals surface area contributed by atoms with E-state index in [-0.39, 0.29) is 49.7 Å². The fraction of sp³-hybridized carbons (Fsp3) is 0.727. The molecule has 0 aromatic heterocycles. The first-order chi connectivity index (χ1) is 8.50.